The van der Waals surface area contributed by atoms with E-state index in [0.29, 0.717) is 0 Å². The minimum Gasteiger partial charge on any atom is -0.0859 e. The zero-order valence-electron chi connectivity index (χ0n) is 8.32. The van der Waals surface area contributed by atoms with E-state index < -0.39 is 0 Å². The van der Waals surface area contributed by atoms with Crippen molar-refractivity contribution in [1.82, 2.24) is 0 Å². The molecule has 0 rings (SSSR count). The Labute approximate surface area is 71.7 Å². The van der Waals surface area contributed by atoms with Gasteiger partial charge in [-0.3, -0.25) is 0 Å². The highest BCUT2D eigenvalue weighted by atomic mass is 14.0. The fraction of sp³-hybridized carbons (Fsp3) is 0.818. The number of unbranched alkanes of at least 4 members (excludes halogenated alkanes) is 3. The second-order valence-corrected chi connectivity index (χ2v) is 3.27. The molecule has 0 atom stereocenters. The van der Waals surface area contributed by atoms with Gasteiger partial charge in [0.15, 0.2) is 0 Å². The lowest BCUT2D eigenvalue weighted by Crippen LogP contribution is -1.79. The fourth-order valence-corrected chi connectivity index (χ4v) is 1.28. The number of hydrogen-bond donors (Lipinski definition) is 0. The van der Waals surface area contributed by atoms with Crippen LogP contribution in [0.25, 0.3) is 0 Å². The van der Waals surface area contributed by atoms with Gasteiger partial charge in [0.25, 0.3) is 0 Å². The van der Waals surface area contributed by atoms with Crippen molar-refractivity contribution in [3.63, 3.8) is 0 Å². The van der Waals surface area contributed by atoms with E-state index in [1.54, 1.807) is 5.57 Å². The Balaban J connectivity index is 3.17. The molecule has 66 valence electrons. The number of rotatable bonds is 6. The summed E-state index contributed by atoms with van der Waals surface area (Å²) in [4.78, 5) is 0. The third kappa shape index (κ3) is 7.64. The van der Waals surface area contributed by atoms with Crippen LogP contribution >= 0.6 is 0 Å². The normalized spacial score (nSPS) is 12.1. The predicted octanol–water partition coefficient (Wildman–Crippen LogP) is 4.31. The molecule has 0 N–H and O–H groups in total. The van der Waals surface area contributed by atoms with Crippen LogP contribution in [-0.2, 0) is 0 Å². The van der Waals surface area contributed by atoms with Crippen molar-refractivity contribution >= 4 is 0 Å². The van der Waals surface area contributed by atoms with Gasteiger partial charge in [-0.2, -0.15) is 0 Å². The van der Waals surface area contributed by atoms with Gasteiger partial charge in [-0.1, -0.05) is 44.8 Å². The van der Waals surface area contributed by atoms with Gasteiger partial charge in [0.05, 0.1) is 0 Å². The summed E-state index contributed by atoms with van der Waals surface area (Å²) >= 11 is 0. The minimum absolute atomic E-state index is 1.19. The Bertz CT molecular complexity index is 101. The maximum atomic E-state index is 2.34. The second-order valence-electron chi connectivity index (χ2n) is 3.27. The van der Waals surface area contributed by atoms with Crippen LogP contribution in [0.2, 0.25) is 0 Å². The van der Waals surface area contributed by atoms with Crippen molar-refractivity contribution < 1.29 is 0 Å². The summed E-state index contributed by atoms with van der Waals surface area (Å²) in [5.74, 6) is 0. The highest BCUT2D eigenvalue weighted by Crippen LogP contribution is 2.09. The van der Waals surface area contributed by atoms with Crippen LogP contribution in [0.3, 0.4) is 0 Å². The largest absolute Gasteiger partial charge is 0.0859 e. The Morgan fingerprint density at radius 2 is 1.82 bits per heavy atom. The van der Waals surface area contributed by atoms with Crippen LogP contribution in [0.1, 0.15) is 59.3 Å². The molecule has 0 aliphatic carbocycles. The quantitative estimate of drug-likeness (QED) is 0.395. The molecule has 0 radical (unpaired) electrons. The third-order valence-corrected chi connectivity index (χ3v) is 1.98. The van der Waals surface area contributed by atoms with Gasteiger partial charge in [-0.05, 0) is 26.2 Å². The van der Waals surface area contributed by atoms with Gasteiger partial charge in [-0.15, -0.1) is 0 Å². The van der Waals surface area contributed by atoms with Gasteiger partial charge in [0, 0.05) is 0 Å². The first-order chi connectivity index (χ1) is 5.31. The third-order valence-electron chi connectivity index (χ3n) is 1.98. The smallest absolute Gasteiger partial charge is 0.0323 e. The zero-order valence-corrected chi connectivity index (χ0v) is 8.32. The van der Waals surface area contributed by atoms with E-state index in [9.17, 15) is 0 Å². The van der Waals surface area contributed by atoms with Crippen molar-refractivity contribution in [2.24, 2.45) is 0 Å². The van der Waals surface area contributed by atoms with Crippen molar-refractivity contribution in [3.05, 3.63) is 11.6 Å². The highest BCUT2D eigenvalue weighted by Gasteiger charge is 1.89. The van der Waals surface area contributed by atoms with E-state index in [4.69, 9.17) is 0 Å². The van der Waals surface area contributed by atoms with Crippen molar-refractivity contribution in [2.45, 2.75) is 59.3 Å². The standard InChI is InChI=1S/C11H22/c1-4-6-7-8-10-11(3)9-5-2/h9H,4-8,10H2,1-3H3. The van der Waals surface area contributed by atoms with E-state index in [1.807, 2.05) is 0 Å². The molecule has 0 aliphatic heterocycles. The molecule has 0 heterocycles. The van der Waals surface area contributed by atoms with E-state index in [-0.39, 0.29) is 0 Å². The SMILES string of the molecule is CCC=C(C)CCCCCC. The Hall–Kier alpha value is -0.260. The maximum absolute atomic E-state index is 2.34. The topological polar surface area (TPSA) is 0 Å². The lowest BCUT2D eigenvalue weighted by atomic mass is 10.1. The molecule has 0 heteroatoms. The molecule has 0 bridgehead atoms. The molecule has 11 heavy (non-hydrogen) atoms. The highest BCUT2D eigenvalue weighted by molar-refractivity contribution is 4.96. The molecular formula is C11H22. The van der Waals surface area contributed by atoms with E-state index in [2.05, 4.69) is 26.8 Å². The summed E-state index contributed by atoms with van der Waals surface area (Å²) in [6.07, 6.45) is 10.4. The molecule has 0 saturated heterocycles. The molecule has 0 spiro atoms. The number of allylic oxidation sites excluding steroid dienone is 2. The molecular weight excluding hydrogens is 132 g/mol. The summed E-state index contributed by atoms with van der Waals surface area (Å²) < 4.78 is 0. The van der Waals surface area contributed by atoms with Gasteiger partial charge in [0.1, 0.15) is 0 Å². The second kappa shape index (κ2) is 7.84. The first-order valence-corrected chi connectivity index (χ1v) is 4.96. The van der Waals surface area contributed by atoms with Gasteiger partial charge in [0.2, 0.25) is 0 Å². The van der Waals surface area contributed by atoms with Gasteiger partial charge in [-0.25, -0.2) is 0 Å². The lowest BCUT2D eigenvalue weighted by Gasteiger charge is -1.99. The molecule has 0 aromatic carbocycles. The monoisotopic (exact) mass is 154 g/mol. The van der Waals surface area contributed by atoms with Crippen LogP contribution < -0.4 is 0 Å². The van der Waals surface area contributed by atoms with Gasteiger partial charge >= 0.3 is 0 Å². The molecule has 0 aliphatic rings. The summed E-state index contributed by atoms with van der Waals surface area (Å²) in [5.41, 5.74) is 1.57. The van der Waals surface area contributed by atoms with E-state index in [1.165, 1.54) is 38.5 Å². The van der Waals surface area contributed by atoms with E-state index >= 15 is 0 Å². The molecule has 0 saturated carbocycles. The summed E-state index contributed by atoms with van der Waals surface area (Å²) in [6, 6.07) is 0. The predicted molar refractivity (Wildman–Crippen MR) is 52.8 cm³/mol. The van der Waals surface area contributed by atoms with E-state index in [0.717, 1.165) is 0 Å². The molecule has 0 aromatic heterocycles. The first-order valence-electron chi connectivity index (χ1n) is 4.96. The average Bonchev–Trinajstić information content (AvgIpc) is 1.99. The van der Waals surface area contributed by atoms with Crippen molar-refractivity contribution in [1.29, 1.82) is 0 Å². The molecule has 0 amide bonds. The van der Waals surface area contributed by atoms with Crippen LogP contribution in [-0.4, -0.2) is 0 Å². The summed E-state index contributed by atoms with van der Waals surface area (Å²) in [6.45, 7) is 6.71. The summed E-state index contributed by atoms with van der Waals surface area (Å²) in [7, 11) is 0. The van der Waals surface area contributed by atoms with Crippen LogP contribution in [0.15, 0.2) is 11.6 Å². The minimum atomic E-state index is 1.19. The van der Waals surface area contributed by atoms with Crippen LogP contribution in [0, 0.1) is 0 Å². The Kier molecular flexibility index (Phi) is 7.66. The van der Waals surface area contributed by atoms with Crippen LogP contribution in [0.5, 0.6) is 0 Å². The summed E-state index contributed by atoms with van der Waals surface area (Å²) in [5, 5.41) is 0. The molecule has 0 nitrogen and oxygen atoms in total. The fourth-order valence-electron chi connectivity index (χ4n) is 1.28. The molecule has 0 fully saturated rings. The van der Waals surface area contributed by atoms with Crippen molar-refractivity contribution in [3.8, 4) is 0 Å². The Morgan fingerprint density at radius 1 is 1.09 bits per heavy atom. The lowest BCUT2D eigenvalue weighted by molar-refractivity contribution is 0.663. The van der Waals surface area contributed by atoms with Crippen molar-refractivity contribution in [2.75, 3.05) is 0 Å². The molecule has 0 aromatic rings. The average molecular weight is 154 g/mol. The van der Waals surface area contributed by atoms with Gasteiger partial charge < -0.3 is 0 Å². The first kappa shape index (κ1) is 10.7. The maximum Gasteiger partial charge on any atom is -0.0323 e. The Morgan fingerprint density at radius 3 is 2.36 bits per heavy atom. The zero-order chi connectivity index (χ0) is 8.53. The molecule has 0 unspecified atom stereocenters. The van der Waals surface area contributed by atoms with Crippen LogP contribution in [0.4, 0.5) is 0 Å². The number of hydrogen-bond acceptors (Lipinski definition) is 0.